The van der Waals surface area contributed by atoms with E-state index < -0.39 is 0 Å². The average Bonchev–Trinajstić information content (AvgIpc) is 2.74. The summed E-state index contributed by atoms with van der Waals surface area (Å²) in [5.41, 5.74) is 0.789. The number of likely N-dealkylation sites (N-methyl/N-ethyl adjacent to an activating group) is 1. The molecule has 2 atom stereocenters. The second-order valence-corrected chi connectivity index (χ2v) is 5.54. The number of para-hydroxylation sites is 1. The number of nitrogens with one attached hydrogen (secondary N) is 1. The lowest BCUT2D eigenvalue weighted by Crippen LogP contribution is -2.45. The van der Waals surface area contributed by atoms with Crippen molar-refractivity contribution in [2.45, 2.75) is 44.7 Å². The monoisotopic (exact) mass is 276 g/mol. The lowest BCUT2D eigenvalue weighted by molar-refractivity contribution is -0.134. The van der Waals surface area contributed by atoms with Crippen molar-refractivity contribution in [2.24, 2.45) is 0 Å². The van der Waals surface area contributed by atoms with Crippen molar-refractivity contribution in [2.75, 3.05) is 13.6 Å². The van der Waals surface area contributed by atoms with Crippen LogP contribution in [0.25, 0.3) is 0 Å². The summed E-state index contributed by atoms with van der Waals surface area (Å²) in [6, 6.07) is 6.98. The summed E-state index contributed by atoms with van der Waals surface area (Å²) < 4.78 is 0. The molecule has 0 aliphatic carbocycles. The molecular formula is C16H24N2O2. The van der Waals surface area contributed by atoms with Gasteiger partial charge >= 0.3 is 0 Å². The van der Waals surface area contributed by atoms with E-state index in [-0.39, 0.29) is 23.7 Å². The molecule has 1 aliphatic rings. The summed E-state index contributed by atoms with van der Waals surface area (Å²) in [4.78, 5) is 14.3. The number of carbonyl (C=O) groups is 1. The first kappa shape index (κ1) is 14.9. The molecule has 1 fully saturated rings. The first-order valence-corrected chi connectivity index (χ1v) is 7.39. The van der Waals surface area contributed by atoms with Crippen LogP contribution in [0.15, 0.2) is 24.3 Å². The normalized spacial score (nSPS) is 21.0. The Kier molecular flexibility index (Phi) is 5.01. The molecule has 1 heterocycles. The van der Waals surface area contributed by atoms with Gasteiger partial charge in [0, 0.05) is 12.6 Å². The molecule has 2 rings (SSSR count). The first-order valence-electron chi connectivity index (χ1n) is 7.39. The van der Waals surface area contributed by atoms with Crippen LogP contribution in [0, 0.1) is 0 Å². The third kappa shape index (κ3) is 3.31. The second kappa shape index (κ2) is 6.75. The van der Waals surface area contributed by atoms with Crippen molar-refractivity contribution in [1.29, 1.82) is 0 Å². The van der Waals surface area contributed by atoms with Gasteiger partial charge in [-0.25, -0.2) is 0 Å². The largest absolute Gasteiger partial charge is 0.508 e. The number of hydrogen-bond acceptors (Lipinski definition) is 3. The molecular weight excluding hydrogens is 252 g/mol. The van der Waals surface area contributed by atoms with Gasteiger partial charge in [0.25, 0.3) is 0 Å². The third-order valence-corrected chi connectivity index (χ3v) is 4.17. The van der Waals surface area contributed by atoms with Crippen molar-refractivity contribution >= 4 is 5.91 Å². The maximum atomic E-state index is 12.6. The van der Waals surface area contributed by atoms with Crippen LogP contribution in [-0.2, 0) is 4.79 Å². The Morgan fingerprint density at radius 3 is 2.85 bits per heavy atom. The summed E-state index contributed by atoms with van der Waals surface area (Å²) in [6.45, 7) is 2.86. The zero-order valence-electron chi connectivity index (χ0n) is 12.3. The van der Waals surface area contributed by atoms with Gasteiger partial charge in [0.2, 0.25) is 5.91 Å². The van der Waals surface area contributed by atoms with Gasteiger partial charge in [-0.1, -0.05) is 31.0 Å². The molecule has 1 saturated heterocycles. The number of hydrogen-bond donors (Lipinski definition) is 2. The van der Waals surface area contributed by atoms with E-state index >= 15 is 0 Å². The lowest BCUT2D eigenvalue weighted by atomic mass is 10.0. The summed E-state index contributed by atoms with van der Waals surface area (Å²) in [7, 11) is 1.81. The standard InChI is InChI=1S/C16H24N2O2/c1-12(13-8-5-6-10-15(13)19)18(2)16(20)14-9-4-3-7-11-17-14/h5-6,8,10,12,14,17,19H,3-4,7,9,11H2,1-2H3. The van der Waals surface area contributed by atoms with Crippen LogP contribution in [0.2, 0.25) is 0 Å². The Labute approximate surface area is 120 Å². The van der Waals surface area contributed by atoms with E-state index in [1.54, 1.807) is 17.0 Å². The second-order valence-electron chi connectivity index (χ2n) is 5.54. The van der Waals surface area contributed by atoms with Gasteiger partial charge < -0.3 is 15.3 Å². The molecule has 0 aromatic heterocycles. The Morgan fingerprint density at radius 2 is 2.10 bits per heavy atom. The number of rotatable bonds is 3. The number of amides is 1. The van der Waals surface area contributed by atoms with Gasteiger partial charge in [0.05, 0.1) is 12.1 Å². The Hall–Kier alpha value is -1.55. The van der Waals surface area contributed by atoms with Gasteiger partial charge in [-0.3, -0.25) is 4.79 Å². The number of phenols is 1. The summed E-state index contributed by atoms with van der Waals surface area (Å²) in [5, 5.41) is 13.2. The molecule has 20 heavy (non-hydrogen) atoms. The highest BCUT2D eigenvalue weighted by Gasteiger charge is 2.26. The molecule has 0 spiro atoms. The van der Waals surface area contributed by atoms with E-state index in [1.165, 1.54) is 6.42 Å². The van der Waals surface area contributed by atoms with Crippen molar-refractivity contribution in [3.05, 3.63) is 29.8 Å². The number of aromatic hydroxyl groups is 1. The summed E-state index contributed by atoms with van der Waals surface area (Å²) in [6.07, 6.45) is 4.33. The van der Waals surface area contributed by atoms with Gasteiger partial charge in [0.1, 0.15) is 5.75 Å². The molecule has 1 aromatic carbocycles. The van der Waals surface area contributed by atoms with Crippen molar-refractivity contribution in [3.63, 3.8) is 0 Å². The van der Waals surface area contributed by atoms with E-state index in [1.807, 2.05) is 26.1 Å². The highest BCUT2D eigenvalue weighted by Crippen LogP contribution is 2.27. The number of phenolic OH excluding ortho intramolecular Hbond substituents is 1. The zero-order chi connectivity index (χ0) is 14.5. The van der Waals surface area contributed by atoms with Gasteiger partial charge in [-0.05, 0) is 32.4 Å². The molecule has 2 unspecified atom stereocenters. The van der Waals surface area contributed by atoms with Crippen LogP contribution < -0.4 is 5.32 Å². The molecule has 4 nitrogen and oxygen atoms in total. The van der Waals surface area contributed by atoms with Crippen LogP contribution in [0.4, 0.5) is 0 Å². The van der Waals surface area contributed by atoms with Crippen LogP contribution in [0.1, 0.15) is 44.2 Å². The number of carbonyl (C=O) groups excluding carboxylic acids is 1. The fraction of sp³-hybridized carbons (Fsp3) is 0.562. The molecule has 110 valence electrons. The summed E-state index contributed by atoms with van der Waals surface area (Å²) >= 11 is 0. The van der Waals surface area contributed by atoms with Gasteiger partial charge in [0.15, 0.2) is 0 Å². The van der Waals surface area contributed by atoms with Gasteiger partial charge in [-0.2, -0.15) is 0 Å². The third-order valence-electron chi connectivity index (χ3n) is 4.17. The van der Waals surface area contributed by atoms with E-state index in [9.17, 15) is 9.90 Å². The highest BCUT2D eigenvalue weighted by molar-refractivity contribution is 5.82. The quantitative estimate of drug-likeness (QED) is 0.891. The van der Waals surface area contributed by atoms with Crippen molar-refractivity contribution < 1.29 is 9.90 Å². The molecule has 0 bridgehead atoms. The molecule has 2 N–H and O–H groups in total. The minimum absolute atomic E-state index is 0.0872. The van der Waals surface area contributed by atoms with E-state index in [0.29, 0.717) is 0 Å². The van der Waals surface area contributed by atoms with Crippen molar-refractivity contribution in [1.82, 2.24) is 10.2 Å². The van der Waals surface area contributed by atoms with E-state index in [0.717, 1.165) is 31.4 Å². The predicted octanol–water partition coefficient (Wildman–Crippen LogP) is 2.44. The first-order chi connectivity index (χ1) is 9.61. The number of benzene rings is 1. The van der Waals surface area contributed by atoms with Crippen LogP contribution in [0.5, 0.6) is 5.75 Å². The maximum Gasteiger partial charge on any atom is 0.239 e. The smallest absolute Gasteiger partial charge is 0.239 e. The summed E-state index contributed by atoms with van der Waals surface area (Å²) in [5.74, 6) is 0.358. The van der Waals surface area contributed by atoms with Crippen LogP contribution in [-0.4, -0.2) is 35.5 Å². The van der Waals surface area contributed by atoms with Crippen molar-refractivity contribution in [3.8, 4) is 5.75 Å². The fourth-order valence-electron chi connectivity index (χ4n) is 2.73. The fourth-order valence-corrected chi connectivity index (χ4v) is 2.73. The average molecular weight is 276 g/mol. The molecule has 4 heteroatoms. The van der Waals surface area contributed by atoms with Crippen LogP contribution >= 0.6 is 0 Å². The molecule has 0 radical (unpaired) electrons. The lowest BCUT2D eigenvalue weighted by Gasteiger charge is -2.29. The van der Waals surface area contributed by atoms with E-state index in [4.69, 9.17) is 0 Å². The Balaban J connectivity index is 2.07. The minimum atomic E-state index is -0.131. The molecule has 1 aliphatic heterocycles. The van der Waals surface area contributed by atoms with Crippen LogP contribution in [0.3, 0.4) is 0 Å². The highest BCUT2D eigenvalue weighted by atomic mass is 16.3. The van der Waals surface area contributed by atoms with E-state index in [2.05, 4.69) is 5.32 Å². The minimum Gasteiger partial charge on any atom is -0.508 e. The Bertz CT molecular complexity index is 454. The predicted molar refractivity (Wildman–Crippen MR) is 79.6 cm³/mol. The molecule has 1 aromatic rings. The topological polar surface area (TPSA) is 52.6 Å². The Morgan fingerprint density at radius 1 is 1.35 bits per heavy atom. The number of nitrogens with zero attached hydrogens (tertiary/aromatic N) is 1. The SMILES string of the molecule is CC(c1ccccc1O)N(C)C(=O)C1CCCCCN1. The van der Waals surface area contributed by atoms with Gasteiger partial charge in [-0.15, -0.1) is 0 Å². The maximum absolute atomic E-state index is 12.6. The molecule has 0 saturated carbocycles. The molecule has 1 amide bonds. The zero-order valence-corrected chi connectivity index (χ0v) is 12.3.